The molecule has 150 valence electrons. The number of benzene rings is 1. The first-order valence-corrected chi connectivity index (χ1v) is 9.93. The predicted octanol–water partition coefficient (Wildman–Crippen LogP) is 2.09. The van der Waals surface area contributed by atoms with Crippen LogP contribution in [-0.4, -0.2) is 30.6 Å². The van der Waals surface area contributed by atoms with Crippen molar-refractivity contribution in [3.8, 4) is 22.9 Å². The molecule has 1 saturated carbocycles. The van der Waals surface area contributed by atoms with Gasteiger partial charge in [0.25, 0.3) is 0 Å². The number of nitriles is 1. The third-order valence-electron chi connectivity index (χ3n) is 6.28. The van der Waals surface area contributed by atoms with Gasteiger partial charge in [-0.25, -0.2) is 5.43 Å². The highest BCUT2D eigenvalue weighted by Gasteiger charge is 2.42. The zero-order chi connectivity index (χ0) is 20.4. The molecule has 0 radical (unpaired) electrons. The van der Waals surface area contributed by atoms with Gasteiger partial charge in [-0.3, -0.25) is 15.2 Å². The second-order valence-electron chi connectivity index (χ2n) is 7.79. The van der Waals surface area contributed by atoms with Crippen LogP contribution in [0.5, 0.6) is 5.75 Å². The van der Waals surface area contributed by atoms with Crippen LogP contribution in [0.1, 0.15) is 36.3 Å². The van der Waals surface area contributed by atoms with Gasteiger partial charge in [-0.2, -0.15) is 5.26 Å². The summed E-state index contributed by atoms with van der Waals surface area (Å²) in [7, 11) is 1.61. The predicted molar refractivity (Wildman–Crippen MR) is 109 cm³/mol. The van der Waals surface area contributed by atoms with Gasteiger partial charge in [-0.05, 0) is 60.9 Å². The van der Waals surface area contributed by atoms with Crippen LogP contribution < -0.4 is 21.3 Å². The molecular formula is C22H25N5O2. The second-order valence-corrected chi connectivity index (χ2v) is 7.79. The van der Waals surface area contributed by atoms with Crippen LogP contribution in [0.15, 0.2) is 36.7 Å². The Kier molecular flexibility index (Phi) is 5.47. The SMILES string of the molecule is COc1ccc(C#N)c(-c2cncc(C3CCC4C(=O)NNC(CN)C4C3)c2)c1. The monoisotopic (exact) mass is 391 g/mol. The Balaban J connectivity index is 1.63. The Morgan fingerprint density at radius 1 is 1.31 bits per heavy atom. The molecule has 0 spiro atoms. The van der Waals surface area contributed by atoms with Gasteiger partial charge in [0.2, 0.25) is 5.91 Å². The minimum Gasteiger partial charge on any atom is -0.497 e. The number of hydrogen-bond acceptors (Lipinski definition) is 6. The molecule has 1 amide bonds. The van der Waals surface area contributed by atoms with Crippen LogP contribution in [0.25, 0.3) is 11.1 Å². The molecule has 29 heavy (non-hydrogen) atoms. The maximum absolute atomic E-state index is 12.2. The van der Waals surface area contributed by atoms with E-state index in [4.69, 9.17) is 10.5 Å². The summed E-state index contributed by atoms with van der Waals surface area (Å²) in [4.78, 5) is 16.7. The van der Waals surface area contributed by atoms with Gasteiger partial charge in [0.1, 0.15) is 5.75 Å². The molecule has 1 aromatic carbocycles. The molecule has 2 aliphatic rings. The molecule has 1 aliphatic carbocycles. The van der Waals surface area contributed by atoms with Gasteiger partial charge in [-0.1, -0.05) is 0 Å². The number of carbonyl (C=O) groups excluding carboxylic acids is 1. The van der Waals surface area contributed by atoms with Crippen LogP contribution in [0.2, 0.25) is 0 Å². The first-order chi connectivity index (χ1) is 14.1. The maximum atomic E-state index is 12.2. The lowest BCUT2D eigenvalue weighted by atomic mass is 9.68. The minimum atomic E-state index is 0.0146. The van der Waals surface area contributed by atoms with E-state index in [1.54, 1.807) is 25.4 Å². The molecular weight excluding hydrogens is 366 g/mol. The quantitative estimate of drug-likeness (QED) is 0.736. The molecule has 2 fully saturated rings. The lowest BCUT2D eigenvalue weighted by Gasteiger charge is -2.43. The van der Waals surface area contributed by atoms with Crippen LogP contribution in [0.3, 0.4) is 0 Å². The van der Waals surface area contributed by atoms with E-state index in [-0.39, 0.29) is 23.8 Å². The number of aromatic nitrogens is 1. The Labute approximate surface area is 170 Å². The Morgan fingerprint density at radius 3 is 2.93 bits per heavy atom. The van der Waals surface area contributed by atoms with Crippen LogP contribution in [-0.2, 0) is 4.79 Å². The number of amides is 1. The smallest absolute Gasteiger partial charge is 0.237 e. The van der Waals surface area contributed by atoms with Crippen molar-refractivity contribution in [2.24, 2.45) is 17.6 Å². The summed E-state index contributed by atoms with van der Waals surface area (Å²) in [6.45, 7) is 0.488. The van der Waals surface area contributed by atoms with Crippen molar-refractivity contribution in [3.05, 3.63) is 47.8 Å². The third-order valence-corrected chi connectivity index (χ3v) is 6.28. The summed E-state index contributed by atoms with van der Waals surface area (Å²) >= 11 is 0. The van der Waals surface area contributed by atoms with E-state index in [1.165, 1.54) is 0 Å². The molecule has 2 aromatic rings. The minimum absolute atomic E-state index is 0.0146. The van der Waals surface area contributed by atoms with E-state index in [0.29, 0.717) is 23.8 Å². The molecule has 0 bridgehead atoms. The zero-order valence-corrected chi connectivity index (χ0v) is 16.4. The zero-order valence-electron chi connectivity index (χ0n) is 16.4. The van der Waals surface area contributed by atoms with E-state index in [9.17, 15) is 10.1 Å². The summed E-state index contributed by atoms with van der Waals surface area (Å²) < 4.78 is 5.33. The van der Waals surface area contributed by atoms with Gasteiger partial charge >= 0.3 is 0 Å². The van der Waals surface area contributed by atoms with Crippen molar-refractivity contribution < 1.29 is 9.53 Å². The number of pyridine rings is 1. The molecule has 2 heterocycles. The van der Waals surface area contributed by atoms with E-state index in [2.05, 4.69) is 28.0 Å². The van der Waals surface area contributed by atoms with Crippen molar-refractivity contribution in [3.63, 3.8) is 0 Å². The van der Waals surface area contributed by atoms with E-state index in [1.807, 2.05) is 12.3 Å². The van der Waals surface area contributed by atoms with Crippen LogP contribution in [0.4, 0.5) is 0 Å². The lowest BCUT2D eigenvalue weighted by Crippen LogP contribution is -2.62. The number of rotatable bonds is 4. The first kappa shape index (κ1) is 19.4. The van der Waals surface area contributed by atoms with E-state index < -0.39 is 0 Å². The molecule has 7 heteroatoms. The Bertz CT molecular complexity index is 954. The molecule has 1 aromatic heterocycles. The number of hydrogen-bond donors (Lipinski definition) is 3. The van der Waals surface area contributed by atoms with E-state index >= 15 is 0 Å². The molecule has 7 nitrogen and oxygen atoms in total. The summed E-state index contributed by atoms with van der Waals surface area (Å²) in [6, 6.07) is 9.87. The average molecular weight is 391 g/mol. The summed E-state index contributed by atoms with van der Waals surface area (Å²) in [6.07, 6.45) is 6.34. The van der Waals surface area contributed by atoms with Gasteiger partial charge in [-0.15, -0.1) is 0 Å². The number of methoxy groups -OCH3 is 1. The van der Waals surface area contributed by atoms with Gasteiger partial charge < -0.3 is 10.5 Å². The van der Waals surface area contributed by atoms with Crippen molar-refractivity contribution in [1.82, 2.24) is 15.8 Å². The number of hydrazine groups is 1. The highest BCUT2D eigenvalue weighted by atomic mass is 16.5. The second kappa shape index (κ2) is 8.19. The molecule has 1 aliphatic heterocycles. The lowest BCUT2D eigenvalue weighted by molar-refractivity contribution is -0.133. The fraction of sp³-hybridized carbons (Fsp3) is 0.409. The number of carbonyl (C=O) groups is 1. The summed E-state index contributed by atoms with van der Waals surface area (Å²) in [5, 5.41) is 9.50. The average Bonchev–Trinajstić information content (AvgIpc) is 2.78. The van der Waals surface area contributed by atoms with Crippen molar-refractivity contribution in [1.29, 1.82) is 5.26 Å². The molecule has 1 saturated heterocycles. The Hall–Kier alpha value is -2.95. The standard InChI is InChI=1S/C22H25N5O2/c1-29-17-4-2-14(9-23)19(8-17)16-6-15(11-25-12-16)13-3-5-18-20(7-13)21(10-24)26-27-22(18)28/h2,4,6,8,11-13,18,20-21,26H,3,5,7,10,24H2,1H3,(H,27,28). The molecule has 4 unspecified atom stereocenters. The van der Waals surface area contributed by atoms with Crippen LogP contribution >= 0.6 is 0 Å². The van der Waals surface area contributed by atoms with Gasteiger partial charge in [0.05, 0.1) is 18.7 Å². The topological polar surface area (TPSA) is 113 Å². The fourth-order valence-electron chi connectivity index (χ4n) is 4.69. The molecule has 4 N–H and O–H groups in total. The number of ether oxygens (including phenoxy) is 1. The summed E-state index contributed by atoms with van der Waals surface area (Å²) in [5.41, 5.74) is 15.2. The highest BCUT2D eigenvalue weighted by molar-refractivity contribution is 5.79. The molecule has 4 rings (SSSR count). The first-order valence-electron chi connectivity index (χ1n) is 9.93. The maximum Gasteiger partial charge on any atom is 0.237 e. The van der Waals surface area contributed by atoms with Crippen molar-refractivity contribution in [2.45, 2.75) is 31.2 Å². The number of fused-ring (bicyclic) bond motifs is 1. The van der Waals surface area contributed by atoms with E-state index in [0.717, 1.165) is 36.0 Å². The van der Waals surface area contributed by atoms with Gasteiger partial charge in [0.15, 0.2) is 0 Å². The number of nitrogens with two attached hydrogens (primary N) is 1. The fourth-order valence-corrected chi connectivity index (χ4v) is 4.69. The third kappa shape index (κ3) is 3.69. The number of nitrogens with one attached hydrogen (secondary N) is 2. The largest absolute Gasteiger partial charge is 0.497 e. The Morgan fingerprint density at radius 2 is 2.17 bits per heavy atom. The van der Waals surface area contributed by atoms with Crippen molar-refractivity contribution in [2.75, 3.05) is 13.7 Å². The summed E-state index contributed by atoms with van der Waals surface area (Å²) in [5.74, 6) is 1.31. The van der Waals surface area contributed by atoms with Crippen molar-refractivity contribution >= 4 is 5.91 Å². The number of nitrogens with zero attached hydrogens (tertiary/aromatic N) is 2. The molecule has 4 atom stereocenters. The normalized spacial score (nSPS) is 26.2. The van der Waals surface area contributed by atoms with Crippen LogP contribution in [0, 0.1) is 23.2 Å². The van der Waals surface area contributed by atoms with Gasteiger partial charge in [0, 0.05) is 42.0 Å². The highest BCUT2D eigenvalue weighted by Crippen LogP contribution is 2.42.